The van der Waals surface area contributed by atoms with Crippen LogP contribution in [-0.4, -0.2) is 22.6 Å². The third-order valence-corrected chi connectivity index (χ3v) is 2.31. The van der Waals surface area contributed by atoms with Gasteiger partial charge in [-0.1, -0.05) is 5.16 Å². The molecule has 2 aromatic heterocycles. The summed E-state index contributed by atoms with van der Waals surface area (Å²) in [6, 6.07) is 5.15. The van der Waals surface area contributed by atoms with Gasteiger partial charge in [0.05, 0.1) is 18.3 Å². The maximum atomic E-state index is 12.0. The van der Waals surface area contributed by atoms with Gasteiger partial charge in [-0.3, -0.25) is 4.79 Å². The minimum atomic E-state index is -0.199. The molecule has 0 atom stereocenters. The lowest BCUT2D eigenvalue weighted by atomic mass is 10.2. The number of anilines is 1. The van der Waals surface area contributed by atoms with Crippen LogP contribution in [0.5, 0.6) is 0 Å². The fourth-order valence-corrected chi connectivity index (χ4v) is 1.49. The second kappa shape index (κ2) is 5.81. The lowest BCUT2D eigenvalue weighted by Gasteiger charge is -2.08. The molecule has 6 heteroatoms. The van der Waals surface area contributed by atoms with Crippen molar-refractivity contribution in [2.45, 2.75) is 13.5 Å². The maximum Gasteiger partial charge on any atom is 0.255 e. The molecule has 0 spiro atoms. The first-order valence-corrected chi connectivity index (χ1v) is 5.68. The van der Waals surface area contributed by atoms with Gasteiger partial charge in [0.1, 0.15) is 5.82 Å². The van der Waals surface area contributed by atoms with Crippen molar-refractivity contribution in [3.8, 4) is 0 Å². The van der Waals surface area contributed by atoms with Crippen LogP contribution in [0.25, 0.3) is 0 Å². The number of hydrogen-bond donors (Lipinski definition) is 2. The van der Waals surface area contributed by atoms with Crippen molar-refractivity contribution in [2.24, 2.45) is 0 Å². The third-order valence-electron chi connectivity index (χ3n) is 2.31. The van der Waals surface area contributed by atoms with Crippen molar-refractivity contribution >= 4 is 11.7 Å². The van der Waals surface area contributed by atoms with Crippen LogP contribution in [-0.2, 0) is 6.54 Å². The zero-order chi connectivity index (χ0) is 12.8. The van der Waals surface area contributed by atoms with Gasteiger partial charge < -0.3 is 15.2 Å². The summed E-state index contributed by atoms with van der Waals surface area (Å²) in [4.78, 5) is 16.1. The summed E-state index contributed by atoms with van der Waals surface area (Å²) in [7, 11) is 0. The molecule has 0 aromatic carbocycles. The zero-order valence-corrected chi connectivity index (χ0v) is 10.0. The SMILES string of the molecule is CCNc1ncccc1C(=O)NCc1ccno1. The molecule has 0 aliphatic carbocycles. The summed E-state index contributed by atoms with van der Waals surface area (Å²) in [5.41, 5.74) is 0.513. The standard InChI is InChI=1S/C12H14N4O2/c1-2-13-11-10(4-3-6-14-11)12(17)15-8-9-5-7-16-18-9/h3-7H,2,8H2,1H3,(H,13,14)(H,15,17). The second-order valence-corrected chi connectivity index (χ2v) is 3.59. The van der Waals surface area contributed by atoms with Gasteiger partial charge in [-0.2, -0.15) is 0 Å². The normalized spacial score (nSPS) is 10.1. The van der Waals surface area contributed by atoms with Crippen molar-refractivity contribution in [3.63, 3.8) is 0 Å². The van der Waals surface area contributed by atoms with Crippen LogP contribution >= 0.6 is 0 Å². The number of nitrogens with one attached hydrogen (secondary N) is 2. The van der Waals surface area contributed by atoms with E-state index >= 15 is 0 Å². The van der Waals surface area contributed by atoms with Gasteiger partial charge in [-0.25, -0.2) is 4.98 Å². The molecule has 0 saturated heterocycles. The summed E-state index contributed by atoms with van der Waals surface area (Å²) >= 11 is 0. The highest BCUT2D eigenvalue weighted by molar-refractivity contribution is 5.98. The van der Waals surface area contributed by atoms with Crippen molar-refractivity contribution < 1.29 is 9.32 Å². The lowest BCUT2D eigenvalue weighted by molar-refractivity contribution is 0.0947. The predicted octanol–water partition coefficient (Wildman–Crippen LogP) is 1.43. The topological polar surface area (TPSA) is 80.0 Å². The average molecular weight is 246 g/mol. The highest BCUT2D eigenvalue weighted by atomic mass is 16.5. The van der Waals surface area contributed by atoms with Crippen LogP contribution in [0, 0.1) is 0 Å². The van der Waals surface area contributed by atoms with Crippen LogP contribution in [0.4, 0.5) is 5.82 Å². The Morgan fingerprint density at radius 1 is 1.39 bits per heavy atom. The van der Waals surface area contributed by atoms with E-state index in [-0.39, 0.29) is 5.91 Å². The van der Waals surface area contributed by atoms with Crippen LogP contribution in [0.3, 0.4) is 0 Å². The van der Waals surface area contributed by atoms with Crippen LogP contribution in [0.15, 0.2) is 35.1 Å². The zero-order valence-electron chi connectivity index (χ0n) is 10.0. The largest absolute Gasteiger partial charge is 0.370 e. The first-order chi connectivity index (χ1) is 8.81. The quantitative estimate of drug-likeness (QED) is 0.834. The van der Waals surface area contributed by atoms with E-state index in [1.54, 1.807) is 24.4 Å². The summed E-state index contributed by atoms with van der Waals surface area (Å²) in [5, 5.41) is 9.36. The molecule has 0 bridgehead atoms. The molecule has 2 rings (SSSR count). The van der Waals surface area contributed by atoms with Crippen molar-refractivity contribution in [2.75, 3.05) is 11.9 Å². The highest BCUT2D eigenvalue weighted by Gasteiger charge is 2.11. The van der Waals surface area contributed by atoms with Crippen LogP contribution < -0.4 is 10.6 Å². The molecule has 0 saturated carbocycles. The summed E-state index contributed by atoms with van der Waals surface area (Å²) in [5.74, 6) is 0.989. The number of carbonyl (C=O) groups excluding carboxylic acids is 1. The average Bonchev–Trinajstić information content (AvgIpc) is 2.90. The Kier molecular flexibility index (Phi) is 3.90. The van der Waals surface area contributed by atoms with Crippen molar-refractivity contribution in [3.05, 3.63) is 41.9 Å². The number of nitrogens with zero attached hydrogens (tertiary/aromatic N) is 2. The van der Waals surface area contributed by atoms with Crippen molar-refractivity contribution in [1.29, 1.82) is 0 Å². The highest BCUT2D eigenvalue weighted by Crippen LogP contribution is 2.11. The second-order valence-electron chi connectivity index (χ2n) is 3.59. The number of pyridine rings is 1. The Bertz CT molecular complexity index is 511. The van der Waals surface area contributed by atoms with Gasteiger partial charge in [0, 0.05) is 18.8 Å². The molecule has 2 N–H and O–H groups in total. The molecular formula is C12H14N4O2. The first kappa shape index (κ1) is 12.1. The van der Waals surface area contributed by atoms with E-state index in [9.17, 15) is 4.79 Å². The van der Waals surface area contributed by atoms with Gasteiger partial charge >= 0.3 is 0 Å². The van der Waals surface area contributed by atoms with Crippen LogP contribution in [0.2, 0.25) is 0 Å². The number of hydrogen-bond acceptors (Lipinski definition) is 5. The molecule has 94 valence electrons. The minimum Gasteiger partial charge on any atom is -0.370 e. The molecule has 0 aliphatic heterocycles. The van der Waals surface area contributed by atoms with Gasteiger partial charge in [0.15, 0.2) is 5.76 Å². The monoisotopic (exact) mass is 246 g/mol. The molecule has 2 heterocycles. The summed E-state index contributed by atoms with van der Waals surface area (Å²) in [6.07, 6.45) is 3.18. The molecular weight excluding hydrogens is 232 g/mol. The number of carbonyl (C=O) groups is 1. The van der Waals surface area contributed by atoms with Crippen molar-refractivity contribution in [1.82, 2.24) is 15.5 Å². The number of rotatable bonds is 5. The molecule has 1 amide bonds. The van der Waals surface area contributed by atoms with Gasteiger partial charge in [-0.15, -0.1) is 0 Å². The van der Waals surface area contributed by atoms with Crippen LogP contribution in [0.1, 0.15) is 23.0 Å². The Morgan fingerprint density at radius 2 is 2.28 bits per heavy atom. The van der Waals surface area contributed by atoms with E-state index in [4.69, 9.17) is 4.52 Å². The number of aromatic nitrogens is 2. The molecule has 0 radical (unpaired) electrons. The number of amides is 1. The Labute approximate surface area is 104 Å². The smallest absolute Gasteiger partial charge is 0.255 e. The van der Waals surface area contributed by atoms with Gasteiger partial charge in [-0.05, 0) is 19.1 Å². The predicted molar refractivity (Wildman–Crippen MR) is 66.1 cm³/mol. The van der Waals surface area contributed by atoms with E-state index in [1.807, 2.05) is 6.92 Å². The molecule has 2 aromatic rings. The molecule has 0 unspecified atom stereocenters. The fourth-order valence-electron chi connectivity index (χ4n) is 1.49. The lowest BCUT2D eigenvalue weighted by Crippen LogP contribution is -2.24. The van der Waals surface area contributed by atoms with E-state index in [1.165, 1.54) is 6.20 Å². The molecule has 0 aliphatic rings. The molecule has 18 heavy (non-hydrogen) atoms. The van der Waals surface area contributed by atoms with Gasteiger partial charge in [0.2, 0.25) is 0 Å². The minimum absolute atomic E-state index is 0.199. The molecule has 0 fully saturated rings. The first-order valence-electron chi connectivity index (χ1n) is 5.68. The molecule has 6 nitrogen and oxygen atoms in total. The Balaban J connectivity index is 2.04. The van der Waals surface area contributed by atoms with E-state index in [0.717, 1.165) is 0 Å². The third kappa shape index (κ3) is 2.85. The maximum absolute atomic E-state index is 12.0. The Hall–Kier alpha value is -2.37. The summed E-state index contributed by atoms with van der Waals surface area (Å²) in [6.45, 7) is 2.96. The van der Waals surface area contributed by atoms with E-state index in [0.29, 0.717) is 30.2 Å². The van der Waals surface area contributed by atoms with Gasteiger partial charge in [0.25, 0.3) is 5.91 Å². The fraction of sp³-hybridized carbons (Fsp3) is 0.250. The van der Waals surface area contributed by atoms with E-state index in [2.05, 4.69) is 20.8 Å². The Morgan fingerprint density at radius 3 is 3.00 bits per heavy atom. The van der Waals surface area contributed by atoms with E-state index < -0.39 is 0 Å². The summed E-state index contributed by atoms with van der Waals surface area (Å²) < 4.78 is 4.90.